The summed E-state index contributed by atoms with van der Waals surface area (Å²) >= 11 is 3.49. The third-order valence-electron chi connectivity index (χ3n) is 3.02. The van der Waals surface area contributed by atoms with Crippen LogP contribution in [-0.4, -0.2) is 5.54 Å². The second-order valence-corrected chi connectivity index (χ2v) is 5.44. The van der Waals surface area contributed by atoms with E-state index in [4.69, 9.17) is 5.73 Å². The smallest absolute Gasteiger partial charge is 0.0178 e. The number of halogens is 1. The van der Waals surface area contributed by atoms with Crippen LogP contribution in [0.5, 0.6) is 0 Å². The molecule has 1 aliphatic rings. The van der Waals surface area contributed by atoms with E-state index in [1.807, 2.05) is 0 Å². The molecule has 1 atom stereocenters. The molecule has 1 nitrogen and oxygen atoms in total. The number of hydrogen-bond acceptors (Lipinski definition) is 1. The minimum Gasteiger partial charge on any atom is -0.325 e. The maximum absolute atomic E-state index is 6.11. The SMILES string of the molecule is CC(CC1(N)CC1)c1cccc(Br)c1. The normalized spacial score (nSPS) is 20.5. The van der Waals surface area contributed by atoms with E-state index in [0.29, 0.717) is 5.92 Å². The van der Waals surface area contributed by atoms with Gasteiger partial charge in [0, 0.05) is 10.0 Å². The molecule has 2 rings (SSSR count). The fraction of sp³-hybridized carbons (Fsp3) is 0.500. The van der Waals surface area contributed by atoms with E-state index in [0.717, 1.165) is 10.9 Å². The lowest BCUT2D eigenvalue weighted by atomic mass is 9.93. The molecule has 76 valence electrons. The summed E-state index contributed by atoms with van der Waals surface area (Å²) in [6.45, 7) is 2.26. The highest BCUT2D eigenvalue weighted by Crippen LogP contribution is 2.40. The standard InChI is InChI=1S/C12H16BrN/c1-9(8-12(14)5-6-12)10-3-2-4-11(13)7-10/h2-4,7,9H,5-6,8,14H2,1H3. The third kappa shape index (κ3) is 2.37. The Morgan fingerprint density at radius 1 is 1.50 bits per heavy atom. The fourth-order valence-corrected chi connectivity index (χ4v) is 2.32. The molecule has 1 aliphatic carbocycles. The Bertz CT molecular complexity index is 331. The predicted octanol–water partition coefficient (Wildman–Crippen LogP) is 3.43. The van der Waals surface area contributed by atoms with Gasteiger partial charge in [0.15, 0.2) is 0 Å². The Morgan fingerprint density at radius 2 is 2.21 bits per heavy atom. The van der Waals surface area contributed by atoms with Crippen molar-refractivity contribution in [3.05, 3.63) is 34.3 Å². The Balaban J connectivity index is 2.06. The van der Waals surface area contributed by atoms with Crippen molar-refractivity contribution in [1.82, 2.24) is 0 Å². The molecule has 14 heavy (non-hydrogen) atoms. The Morgan fingerprint density at radius 3 is 2.79 bits per heavy atom. The zero-order valence-corrected chi connectivity index (χ0v) is 10.0. The van der Waals surface area contributed by atoms with Crippen molar-refractivity contribution >= 4 is 15.9 Å². The molecular formula is C12H16BrN. The van der Waals surface area contributed by atoms with Crippen LogP contribution in [0.25, 0.3) is 0 Å². The number of benzene rings is 1. The van der Waals surface area contributed by atoms with Crippen molar-refractivity contribution in [3.8, 4) is 0 Å². The first-order valence-corrected chi connectivity index (χ1v) is 5.93. The molecule has 2 N–H and O–H groups in total. The molecule has 0 aromatic heterocycles. The van der Waals surface area contributed by atoms with Gasteiger partial charge in [0.1, 0.15) is 0 Å². The second-order valence-electron chi connectivity index (χ2n) is 4.52. The molecule has 1 saturated carbocycles. The molecule has 0 radical (unpaired) electrons. The maximum atomic E-state index is 6.11. The monoisotopic (exact) mass is 253 g/mol. The van der Waals surface area contributed by atoms with Gasteiger partial charge in [-0.3, -0.25) is 0 Å². The van der Waals surface area contributed by atoms with E-state index < -0.39 is 0 Å². The summed E-state index contributed by atoms with van der Waals surface area (Å²) in [7, 11) is 0. The lowest BCUT2D eigenvalue weighted by Crippen LogP contribution is -2.23. The van der Waals surface area contributed by atoms with E-state index in [9.17, 15) is 0 Å². The van der Waals surface area contributed by atoms with E-state index >= 15 is 0 Å². The van der Waals surface area contributed by atoms with E-state index in [1.54, 1.807) is 0 Å². The van der Waals surface area contributed by atoms with Crippen LogP contribution in [0.3, 0.4) is 0 Å². The molecule has 0 heterocycles. The van der Waals surface area contributed by atoms with Gasteiger partial charge in [0.2, 0.25) is 0 Å². The van der Waals surface area contributed by atoms with Gasteiger partial charge in [-0.15, -0.1) is 0 Å². The molecule has 0 spiro atoms. The zero-order chi connectivity index (χ0) is 10.2. The molecule has 1 fully saturated rings. The lowest BCUT2D eigenvalue weighted by molar-refractivity contribution is 0.542. The summed E-state index contributed by atoms with van der Waals surface area (Å²) < 4.78 is 1.16. The van der Waals surface area contributed by atoms with Gasteiger partial charge in [-0.2, -0.15) is 0 Å². The van der Waals surface area contributed by atoms with Crippen LogP contribution < -0.4 is 5.73 Å². The molecular weight excluding hydrogens is 238 g/mol. The summed E-state index contributed by atoms with van der Waals surface area (Å²) in [5.41, 5.74) is 7.65. The topological polar surface area (TPSA) is 26.0 Å². The van der Waals surface area contributed by atoms with Gasteiger partial charge in [-0.25, -0.2) is 0 Å². The highest BCUT2D eigenvalue weighted by molar-refractivity contribution is 9.10. The minimum atomic E-state index is 0.154. The fourth-order valence-electron chi connectivity index (χ4n) is 1.91. The van der Waals surface area contributed by atoms with Gasteiger partial charge in [0.25, 0.3) is 0 Å². The van der Waals surface area contributed by atoms with Crippen LogP contribution in [0.15, 0.2) is 28.7 Å². The van der Waals surface area contributed by atoms with Crippen LogP contribution in [0.1, 0.15) is 37.7 Å². The van der Waals surface area contributed by atoms with Crippen molar-refractivity contribution in [2.75, 3.05) is 0 Å². The largest absolute Gasteiger partial charge is 0.325 e. The summed E-state index contributed by atoms with van der Waals surface area (Å²) in [4.78, 5) is 0. The summed E-state index contributed by atoms with van der Waals surface area (Å²) in [6.07, 6.45) is 3.51. The predicted molar refractivity (Wildman–Crippen MR) is 63.3 cm³/mol. The molecule has 0 aliphatic heterocycles. The highest BCUT2D eigenvalue weighted by atomic mass is 79.9. The molecule has 1 aromatic carbocycles. The van der Waals surface area contributed by atoms with Crippen molar-refractivity contribution in [2.45, 2.75) is 37.6 Å². The van der Waals surface area contributed by atoms with Crippen molar-refractivity contribution in [3.63, 3.8) is 0 Å². The van der Waals surface area contributed by atoms with Crippen LogP contribution in [0.2, 0.25) is 0 Å². The van der Waals surface area contributed by atoms with Gasteiger partial charge in [-0.05, 0) is 42.9 Å². The average molecular weight is 254 g/mol. The average Bonchev–Trinajstić information content (AvgIpc) is 2.83. The molecule has 2 heteroatoms. The molecule has 0 amide bonds. The molecule has 0 bridgehead atoms. The number of nitrogens with two attached hydrogens (primary N) is 1. The Kier molecular flexibility index (Phi) is 2.67. The lowest BCUT2D eigenvalue weighted by Gasteiger charge is -2.16. The van der Waals surface area contributed by atoms with E-state index in [2.05, 4.69) is 47.1 Å². The van der Waals surface area contributed by atoms with E-state index in [-0.39, 0.29) is 5.54 Å². The number of rotatable bonds is 3. The van der Waals surface area contributed by atoms with Crippen LogP contribution in [-0.2, 0) is 0 Å². The van der Waals surface area contributed by atoms with Crippen molar-refractivity contribution < 1.29 is 0 Å². The maximum Gasteiger partial charge on any atom is 0.0178 e. The molecule has 1 aromatic rings. The van der Waals surface area contributed by atoms with E-state index in [1.165, 1.54) is 18.4 Å². The first-order valence-electron chi connectivity index (χ1n) is 5.13. The zero-order valence-electron chi connectivity index (χ0n) is 8.46. The van der Waals surface area contributed by atoms with Crippen molar-refractivity contribution in [2.24, 2.45) is 5.73 Å². The van der Waals surface area contributed by atoms with Crippen LogP contribution in [0, 0.1) is 0 Å². The third-order valence-corrected chi connectivity index (χ3v) is 3.52. The Hall–Kier alpha value is -0.340. The molecule has 1 unspecified atom stereocenters. The van der Waals surface area contributed by atoms with Gasteiger partial charge < -0.3 is 5.73 Å². The summed E-state index contributed by atoms with van der Waals surface area (Å²) in [5, 5.41) is 0. The first kappa shape index (κ1) is 10.2. The minimum absolute atomic E-state index is 0.154. The first-order chi connectivity index (χ1) is 6.59. The quantitative estimate of drug-likeness (QED) is 0.878. The Labute approximate surface area is 93.8 Å². The number of hydrogen-bond donors (Lipinski definition) is 1. The van der Waals surface area contributed by atoms with Gasteiger partial charge >= 0.3 is 0 Å². The summed E-state index contributed by atoms with van der Waals surface area (Å²) in [5.74, 6) is 0.569. The van der Waals surface area contributed by atoms with Gasteiger partial charge in [0.05, 0.1) is 0 Å². The van der Waals surface area contributed by atoms with Crippen molar-refractivity contribution in [1.29, 1.82) is 0 Å². The summed E-state index contributed by atoms with van der Waals surface area (Å²) in [6, 6.07) is 8.52. The second kappa shape index (κ2) is 3.67. The highest BCUT2D eigenvalue weighted by Gasteiger charge is 2.39. The molecule has 0 saturated heterocycles. The van der Waals surface area contributed by atoms with Crippen LogP contribution >= 0.6 is 15.9 Å². The van der Waals surface area contributed by atoms with Crippen LogP contribution in [0.4, 0.5) is 0 Å². The van der Waals surface area contributed by atoms with Gasteiger partial charge in [-0.1, -0.05) is 35.0 Å².